The summed E-state index contributed by atoms with van der Waals surface area (Å²) in [6.07, 6.45) is 2.85. The van der Waals surface area contributed by atoms with Crippen molar-refractivity contribution in [2.45, 2.75) is 26.3 Å². The molecule has 0 aliphatic carbocycles. The number of hydrogen-bond donors (Lipinski definition) is 1. The molecule has 1 amide bonds. The Labute approximate surface area is 170 Å². The molecule has 1 aliphatic rings. The van der Waals surface area contributed by atoms with Crippen molar-refractivity contribution in [1.29, 1.82) is 0 Å². The summed E-state index contributed by atoms with van der Waals surface area (Å²) in [7, 11) is 0. The lowest BCUT2D eigenvalue weighted by Gasteiger charge is -2.29. The van der Waals surface area contributed by atoms with E-state index in [1.54, 1.807) is 6.20 Å². The first-order chi connectivity index (χ1) is 13.6. The molecule has 0 radical (unpaired) electrons. The lowest BCUT2D eigenvalue weighted by atomic mass is 10.2. The molecule has 28 heavy (non-hydrogen) atoms. The first-order valence-electron chi connectivity index (χ1n) is 9.56. The maximum absolute atomic E-state index is 12.2. The fraction of sp³-hybridized carbons (Fsp3) is 0.429. The minimum Gasteiger partial charge on any atom is -0.494 e. The summed E-state index contributed by atoms with van der Waals surface area (Å²) in [6.45, 7) is 5.94. The van der Waals surface area contributed by atoms with Gasteiger partial charge in [-0.2, -0.15) is 0 Å². The quantitative estimate of drug-likeness (QED) is 0.685. The molecule has 1 fully saturated rings. The molecule has 6 nitrogen and oxygen atoms in total. The van der Waals surface area contributed by atoms with Crippen molar-refractivity contribution in [3.63, 3.8) is 0 Å². The predicted molar refractivity (Wildman–Crippen MR) is 110 cm³/mol. The van der Waals surface area contributed by atoms with E-state index in [2.05, 4.69) is 15.2 Å². The van der Waals surface area contributed by atoms with E-state index in [1.807, 2.05) is 37.3 Å². The topological polar surface area (TPSA) is 63.7 Å². The molecule has 1 aromatic carbocycles. The third-order valence-corrected chi connectivity index (χ3v) is 5.02. The molecule has 7 heteroatoms. The maximum Gasteiger partial charge on any atom is 0.220 e. The highest BCUT2D eigenvalue weighted by Gasteiger charge is 2.16. The number of aryl methyl sites for hydroxylation is 1. The van der Waals surface area contributed by atoms with Crippen LogP contribution in [0.15, 0.2) is 36.5 Å². The molecule has 0 atom stereocenters. The molecule has 0 unspecified atom stereocenters. The van der Waals surface area contributed by atoms with E-state index in [4.69, 9.17) is 21.1 Å². The molecule has 2 heterocycles. The molecule has 1 saturated heterocycles. The van der Waals surface area contributed by atoms with Crippen LogP contribution in [0.5, 0.6) is 5.75 Å². The Morgan fingerprint density at radius 2 is 2.14 bits per heavy atom. The molecular formula is C21H26ClN3O3. The molecule has 1 aromatic heterocycles. The van der Waals surface area contributed by atoms with Gasteiger partial charge in [-0.05, 0) is 43.2 Å². The molecule has 0 spiro atoms. The fourth-order valence-electron chi connectivity index (χ4n) is 3.04. The summed E-state index contributed by atoms with van der Waals surface area (Å²) in [5, 5.41) is 3.70. The highest BCUT2D eigenvalue weighted by molar-refractivity contribution is 6.31. The number of aromatic nitrogens is 1. The van der Waals surface area contributed by atoms with Gasteiger partial charge in [0.25, 0.3) is 0 Å². The zero-order valence-corrected chi connectivity index (χ0v) is 16.9. The standard InChI is InChI=1S/C21H26ClN3O3/c1-16-14-18(6-7-19(16)22)28-11-3-5-20(26)24-15-17-4-2-8-23-21(17)25-9-12-27-13-10-25/h2,4,6-8,14H,3,5,9-13,15H2,1H3,(H,24,26). The van der Waals surface area contributed by atoms with Crippen molar-refractivity contribution in [2.75, 3.05) is 37.8 Å². The summed E-state index contributed by atoms with van der Waals surface area (Å²) < 4.78 is 11.1. The average molecular weight is 404 g/mol. The van der Waals surface area contributed by atoms with Gasteiger partial charge in [-0.15, -0.1) is 0 Å². The maximum atomic E-state index is 12.2. The van der Waals surface area contributed by atoms with Crippen LogP contribution in [0.25, 0.3) is 0 Å². The summed E-state index contributed by atoms with van der Waals surface area (Å²) >= 11 is 6.01. The van der Waals surface area contributed by atoms with Crippen LogP contribution in [0.2, 0.25) is 5.02 Å². The van der Waals surface area contributed by atoms with Gasteiger partial charge in [-0.25, -0.2) is 4.98 Å². The number of halogens is 1. The highest BCUT2D eigenvalue weighted by atomic mass is 35.5. The van der Waals surface area contributed by atoms with E-state index in [1.165, 1.54) is 0 Å². The monoisotopic (exact) mass is 403 g/mol. The van der Waals surface area contributed by atoms with Gasteiger partial charge in [0.05, 0.1) is 19.8 Å². The number of rotatable bonds is 8. The van der Waals surface area contributed by atoms with E-state index < -0.39 is 0 Å². The number of nitrogens with one attached hydrogen (secondary N) is 1. The molecule has 1 N–H and O–H groups in total. The molecule has 1 aliphatic heterocycles. The number of hydrogen-bond acceptors (Lipinski definition) is 5. The van der Waals surface area contributed by atoms with Crippen LogP contribution in [-0.4, -0.2) is 43.8 Å². The number of pyridine rings is 1. The summed E-state index contributed by atoms with van der Waals surface area (Å²) in [5.41, 5.74) is 2.00. The van der Waals surface area contributed by atoms with Crippen molar-refractivity contribution in [1.82, 2.24) is 10.3 Å². The van der Waals surface area contributed by atoms with Crippen LogP contribution >= 0.6 is 11.6 Å². The lowest BCUT2D eigenvalue weighted by Crippen LogP contribution is -2.37. The SMILES string of the molecule is Cc1cc(OCCCC(=O)NCc2cccnc2N2CCOCC2)ccc1Cl. The van der Waals surface area contributed by atoms with Gasteiger partial charge in [0.2, 0.25) is 5.91 Å². The van der Waals surface area contributed by atoms with Crippen LogP contribution in [-0.2, 0) is 16.1 Å². The summed E-state index contributed by atoms with van der Waals surface area (Å²) in [4.78, 5) is 18.9. The van der Waals surface area contributed by atoms with Crippen LogP contribution in [0, 0.1) is 6.92 Å². The van der Waals surface area contributed by atoms with Crippen LogP contribution < -0.4 is 15.0 Å². The van der Waals surface area contributed by atoms with E-state index in [0.717, 1.165) is 40.8 Å². The number of ether oxygens (including phenoxy) is 2. The first kappa shape index (κ1) is 20.4. The molecular weight excluding hydrogens is 378 g/mol. The van der Waals surface area contributed by atoms with Gasteiger partial charge in [0, 0.05) is 42.8 Å². The molecule has 3 rings (SSSR count). The Bertz CT molecular complexity index is 794. The van der Waals surface area contributed by atoms with E-state index in [0.29, 0.717) is 39.2 Å². The summed E-state index contributed by atoms with van der Waals surface area (Å²) in [6, 6.07) is 9.46. The van der Waals surface area contributed by atoms with Crippen molar-refractivity contribution < 1.29 is 14.3 Å². The second-order valence-electron chi connectivity index (χ2n) is 6.73. The highest BCUT2D eigenvalue weighted by Crippen LogP contribution is 2.21. The Morgan fingerprint density at radius 1 is 1.32 bits per heavy atom. The zero-order chi connectivity index (χ0) is 19.8. The first-order valence-corrected chi connectivity index (χ1v) is 9.93. The van der Waals surface area contributed by atoms with E-state index in [9.17, 15) is 4.79 Å². The minimum atomic E-state index is 0.00710. The van der Waals surface area contributed by atoms with Crippen LogP contribution in [0.1, 0.15) is 24.0 Å². The van der Waals surface area contributed by atoms with Crippen LogP contribution in [0.4, 0.5) is 5.82 Å². The Kier molecular flexibility index (Phi) is 7.51. The number of carbonyl (C=O) groups excluding carboxylic acids is 1. The fourth-order valence-corrected chi connectivity index (χ4v) is 3.16. The number of morpholine rings is 1. The molecule has 150 valence electrons. The second-order valence-corrected chi connectivity index (χ2v) is 7.13. The Morgan fingerprint density at radius 3 is 2.93 bits per heavy atom. The molecule has 0 saturated carbocycles. The van der Waals surface area contributed by atoms with Gasteiger partial charge in [0.1, 0.15) is 11.6 Å². The second kappa shape index (κ2) is 10.3. The van der Waals surface area contributed by atoms with Crippen molar-refractivity contribution in [3.8, 4) is 5.75 Å². The van der Waals surface area contributed by atoms with Crippen molar-refractivity contribution >= 4 is 23.3 Å². The van der Waals surface area contributed by atoms with E-state index >= 15 is 0 Å². The van der Waals surface area contributed by atoms with Crippen molar-refractivity contribution in [2.24, 2.45) is 0 Å². The van der Waals surface area contributed by atoms with Crippen molar-refractivity contribution in [3.05, 3.63) is 52.7 Å². The predicted octanol–water partition coefficient (Wildman–Crippen LogP) is 3.36. The number of nitrogens with zero attached hydrogens (tertiary/aromatic N) is 2. The Hall–Kier alpha value is -2.31. The smallest absolute Gasteiger partial charge is 0.220 e. The number of amides is 1. The van der Waals surface area contributed by atoms with Gasteiger partial charge >= 0.3 is 0 Å². The number of carbonyl (C=O) groups is 1. The average Bonchev–Trinajstić information content (AvgIpc) is 2.73. The zero-order valence-electron chi connectivity index (χ0n) is 16.1. The van der Waals surface area contributed by atoms with Gasteiger partial charge < -0.3 is 19.7 Å². The molecule has 2 aromatic rings. The third kappa shape index (κ3) is 5.84. The number of anilines is 1. The lowest BCUT2D eigenvalue weighted by molar-refractivity contribution is -0.121. The summed E-state index contributed by atoms with van der Waals surface area (Å²) in [5.74, 6) is 1.70. The Balaban J connectivity index is 1.41. The largest absolute Gasteiger partial charge is 0.494 e. The van der Waals surface area contributed by atoms with Crippen LogP contribution in [0.3, 0.4) is 0 Å². The van der Waals surface area contributed by atoms with Gasteiger partial charge in [0.15, 0.2) is 0 Å². The minimum absolute atomic E-state index is 0.00710. The van der Waals surface area contributed by atoms with Gasteiger partial charge in [-0.1, -0.05) is 17.7 Å². The normalized spacial score (nSPS) is 14.0. The van der Waals surface area contributed by atoms with Gasteiger partial charge in [-0.3, -0.25) is 4.79 Å². The number of benzene rings is 1. The van der Waals surface area contributed by atoms with E-state index in [-0.39, 0.29) is 5.91 Å². The third-order valence-electron chi connectivity index (χ3n) is 4.60. The molecule has 0 bridgehead atoms.